The van der Waals surface area contributed by atoms with Crippen LogP contribution in [-0.4, -0.2) is 59.4 Å². The lowest BCUT2D eigenvalue weighted by atomic mass is 9.75. The third kappa shape index (κ3) is 5.29. The van der Waals surface area contributed by atoms with Crippen LogP contribution in [0, 0.1) is 12.3 Å². The molecule has 2 fully saturated rings. The Morgan fingerprint density at radius 3 is 2.34 bits per heavy atom. The molecule has 4 rings (SSSR count). The van der Waals surface area contributed by atoms with Crippen molar-refractivity contribution in [1.82, 2.24) is 14.8 Å². The lowest BCUT2D eigenvalue weighted by Gasteiger charge is -2.42. The third-order valence-electron chi connectivity index (χ3n) is 6.85. The number of benzene rings is 1. The molecule has 2 amide bonds. The second kappa shape index (κ2) is 10.2. The van der Waals surface area contributed by atoms with E-state index in [4.69, 9.17) is 4.74 Å². The summed E-state index contributed by atoms with van der Waals surface area (Å²) in [7, 11) is 0. The zero-order valence-corrected chi connectivity index (χ0v) is 19.0. The molecule has 3 heterocycles. The molecule has 32 heavy (non-hydrogen) atoms. The number of pyridine rings is 1. The van der Waals surface area contributed by atoms with E-state index in [1.807, 2.05) is 59.2 Å². The minimum Gasteiger partial charge on any atom is -0.493 e. The first-order valence-corrected chi connectivity index (χ1v) is 11.7. The lowest BCUT2D eigenvalue weighted by molar-refractivity contribution is -0.136. The number of likely N-dealkylation sites (tertiary alicyclic amines) is 2. The summed E-state index contributed by atoms with van der Waals surface area (Å²) in [4.78, 5) is 34.4. The topological polar surface area (TPSA) is 62.7 Å². The SMILES string of the molecule is Cc1cccnc1C(=O)N1CCC(COc2ccccc2)(CC(=O)N2CCCCC2)CC1. The van der Waals surface area contributed by atoms with Crippen molar-refractivity contribution in [1.29, 1.82) is 0 Å². The highest BCUT2D eigenvalue weighted by atomic mass is 16.5. The van der Waals surface area contributed by atoms with Gasteiger partial charge in [-0.15, -0.1) is 0 Å². The van der Waals surface area contributed by atoms with E-state index in [1.165, 1.54) is 6.42 Å². The molecule has 1 aromatic heterocycles. The van der Waals surface area contributed by atoms with Crippen molar-refractivity contribution < 1.29 is 14.3 Å². The van der Waals surface area contributed by atoms with Gasteiger partial charge in [0.2, 0.25) is 5.91 Å². The molecule has 6 nitrogen and oxygen atoms in total. The van der Waals surface area contributed by atoms with Gasteiger partial charge in [-0.05, 0) is 62.8 Å². The molecule has 2 aliphatic rings. The molecule has 170 valence electrons. The van der Waals surface area contributed by atoms with Crippen LogP contribution >= 0.6 is 0 Å². The number of para-hydroxylation sites is 1. The summed E-state index contributed by atoms with van der Waals surface area (Å²) < 4.78 is 6.15. The molecule has 6 heteroatoms. The van der Waals surface area contributed by atoms with Crippen molar-refractivity contribution in [2.75, 3.05) is 32.8 Å². The number of carbonyl (C=O) groups excluding carboxylic acids is 2. The fourth-order valence-electron chi connectivity index (χ4n) is 4.74. The monoisotopic (exact) mass is 435 g/mol. The summed E-state index contributed by atoms with van der Waals surface area (Å²) in [6, 6.07) is 13.5. The van der Waals surface area contributed by atoms with Gasteiger partial charge in [-0.25, -0.2) is 0 Å². The Hall–Kier alpha value is -2.89. The lowest BCUT2D eigenvalue weighted by Crippen LogP contribution is -2.48. The molecule has 0 unspecified atom stereocenters. The predicted octanol–water partition coefficient (Wildman–Crippen LogP) is 4.09. The van der Waals surface area contributed by atoms with Crippen LogP contribution in [0.15, 0.2) is 48.7 Å². The Morgan fingerprint density at radius 1 is 0.938 bits per heavy atom. The minimum atomic E-state index is -0.264. The van der Waals surface area contributed by atoms with Gasteiger partial charge in [-0.3, -0.25) is 14.6 Å². The number of carbonyl (C=O) groups is 2. The molecule has 2 aromatic rings. The van der Waals surface area contributed by atoms with Crippen molar-refractivity contribution in [2.24, 2.45) is 5.41 Å². The molecule has 0 N–H and O–H groups in total. The third-order valence-corrected chi connectivity index (χ3v) is 6.85. The zero-order chi connectivity index (χ0) is 22.4. The zero-order valence-electron chi connectivity index (χ0n) is 19.0. The molecule has 0 atom stereocenters. The number of nitrogens with zero attached hydrogens (tertiary/aromatic N) is 3. The second-order valence-electron chi connectivity index (χ2n) is 9.18. The number of piperidine rings is 2. The fraction of sp³-hybridized carbons (Fsp3) is 0.500. The summed E-state index contributed by atoms with van der Waals surface area (Å²) in [6.07, 6.45) is 7.02. The number of hydrogen-bond acceptors (Lipinski definition) is 4. The van der Waals surface area contributed by atoms with Crippen LogP contribution in [0.3, 0.4) is 0 Å². The van der Waals surface area contributed by atoms with E-state index in [2.05, 4.69) is 4.98 Å². The average Bonchev–Trinajstić information content (AvgIpc) is 2.84. The average molecular weight is 436 g/mol. The largest absolute Gasteiger partial charge is 0.493 e. The molecule has 0 spiro atoms. The smallest absolute Gasteiger partial charge is 0.272 e. The number of rotatable bonds is 6. The number of amides is 2. The number of ether oxygens (including phenoxy) is 1. The van der Waals surface area contributed by atoms with Crippen LogP contribution in [0.1, 0.15) is 54.6 Å². The minimum absolute atomic E-state index is 0.0250. The normalized spacial score (nSPS) is 18.3. The first-order valence-electron chi connectivity index (χ1n) is 11.7. The molecular weight excluding hydrogens is 402 g/mol. The van der Waals surface area contributed by atoms with E-state index in [0.29, 0.717) is 31.8 Å². The van der Waals surface area contributed by atoms with Crippen LogP contribution < -0.4 is 4.74 Å². The van der Waals surface area contributed by atoms with Crippen molar-refractivity contribution >= 4 is 11.8 Å². The Kier molecular flexibility index (Phi) is 7.08. The van der Waals surface area contributed by atoms with Crippen LogP contribution in [0.5, 0.6) is 5.75 Å². The predicted molar refractivity (Wildman–Crippen MR) is 124 cm³/mol. The van der Waals surface area contributed by atoms with E-state index in [-0.39, 0.29) is 17.2 Å². The molecular formula is C26H33N3O3. The Balaban J connectivity index is 1.45. The maximum Gasteiger partial charge on any atom is 0.272 e. The quantitative estimate of drug-likeness (QED) is 0.686. The van der Waals surface area contributed by atoms with Gasteiger partial charge in [0.15, 0.2) is 0 Å². The van der Waals surface area contributed by atoms with E-state index < -0.39 is 0 Å². The molecule has 0 radical (unpaired) electrons. The Bertz CT molecular complexity index is 917. The maximum atomic E-state index is 13.1. The Morgan fingerprint density at radius 2 is 1.66 bits per heavy atom. The van der Waals surface area contributed by atoms with Gasteiger partial charge in [-0.1, -0.05) is 24.3 Å². The van der Waals surface area contributed by atoms with Crippen molar-refractivity contribution in [2.45, 2.75) is 45.4 Å². The molecule has 0 aliphatic carbocycles. The van der Waals surface area contributed by atoms with Gasteiger partial charge in [0.25, 0.3) is 5.91 Å². The molecule has 0 saturated carbocycles. The fourth-order valence-corrected chi connectivity index (χ4v) is 4.74. The van der Waals surface area contributed by atoms with Crippen LogP contribution in [-0.2, 0) is 4.79 Å². The summed E-state index contributed by atoms with van der Waals surface area (Å²) >= 11 is 0. The summed E-state index contributed by atoms with van der Waals surface area (Å²) in [6.45, 7) is 5.34. The van der Waals surface area contributed by atoms with Gasteiger partial charge in [0.1, 0.15) is 11.4 Å². The van der Waals surface area contributed by atoms with Crippen molar-refractivity contribution in [3.63, 3.8) is 0 Å². The van der Waals surface area contributed by atoms with E-state index >= 15 is 0 Å². The summed E-state index contributed by atoms with van der Waals surface area (Å²) in [5, 5.41) is 0. The molecule has 2 aliphatic heterocycles. The first-order chi connectivity index (χ1) is 15.6. The van der Waals surface area contributed by atoms with Gasteiger partial charge in [-0.2, -0.15) is 0 Å². The summed E-state index contributed by atoms with van der Waals surface area (Å²) in [5.74, 6) is 1.02. The van der Waals surface area contributed by atoms with Crippen LogP contribution in [0.2, 0.25) is 0 Å². The van der Waals surface area contributed by atoms with Crippen molar-refractivity contribution in [3.8, 4) is 5.75 Å². The maximum absolute atomic E-state index is 13.1. The highest BCUT2D eigenvalue weighted by Gasteiger charge is 2.40. The van der Waals surface area contributed by atoms with E-state index in [9.17, 15) is 9.59 Å². The van der Waals surface area contributed by atoms with E-state index in [1.54, 1.807) is 6.20 Å². The highest BCUT2D eigenvalue weighted by Crippen LogP contribution is 2.37. The number of aromatic nitrogens is 1. The number of aryl methyl sites for hydroxylation is 1. The molecule has 0 bridgehead atoms. The van der Waals surface area contributed by atoms with Crippen LogP contribution in [0.4, 0.5) is 0 Å². The van der Waals surface area contributed by atoms with Crippen molar-refractivity contribution in [3.05, 3.63) is 59.9 Å². The second-order valence-corrected chi connectivity index (χ2v) is 9.18. The van der Waals surface area contributed by atoms with Gasteiger partial charge >= 0.3 is 0 Å². The Labute approximate surface area is 190 Å². The van der Waals surface area contributed by atoms with Gasteiger partial charge in [0, 0.05) is 44.2 Å². The number of hydrogen-bond donors (Lipinski definition) is 0. The standard InChI is InChI=1S/C26H33N3O3/c1-21-9-8-14-27-24(21)25(31)29-17-12-26(13-18-29,20-32-22-10-4-2-5-11-22)19-23(30)28-15-6-3-7-16-28/h2,4-5,8-11,14H,3,6-7,12-13,15-20H2,1H3. The molecule has 2 saturated heterocycles. The summed E-state index contributed by atoms with van der Waals surface area (Å²) in [5.41, 5.74) is 1.15. The van der Waals surface area contributed by atoms with E-state index in [0.717, 1.165) is 50.1 Å². The van der Waals surface area contributed by atoms with Crippen LogP contribution in [0.25, 0.3) is 0 Å². The van der Waals surface area contributed by atoms with Gasteiger partial charge in [0.05, 0.1) is 6.61 Å². The van der Waals surface area contributed by atoms with Gasteiger partial charge < -0.3 is 14.5 Å². The first kappa shape index (κ1) is 22.3. The molecule has 1 aromatic carbocycles. The highest BCUT2D eigenvalue weighted by molar-refractivity contribution is 5.93.